The number of hydrogen-bond acceptors (Lipinski definition) is 4. The zero-order valence-electron chi connectivity index (χ0n) is 10.2. The minimum Gasteiger partial charge on any atom is -0.490 e. The normalized spacial score (nSPS) is 14.2. The van der Waals surface area contributed by atoms with Crippen molar-refractivity contribution in [3.63, 3.8) is 0 Å². The number of thioether (sulfide) groups is 1. The Balaban J connectivity index is 1.72. The maximum absolute atomic E-state index is 5.70. The van der Waals surface area contributed by atoms with Gasteiger partial charge in [0.25, 0.3) is 0 Å². The number of ether oxygens (including phenoxy) is 2. The van der Waals surface area contributed by atoms with Gasteiger partial charge in [-0.2, -0.15) is 0 Å². The van der Waals surface area contributed by atoms with Crippen molar-refractivity contribution >= 4 is 39.0 Å². The molecular weight excluding hydrogens is 344 g/mol. The van der Waals surface area contributed by atoms with Gasteiger partial charge in [-0.3, -0.25) is 0 Å². The second kappa shape index (κ2) is 6.20. The predicted octanol–water partition coefficient (Wildman–Crippen LogP) is 4.96. The highest BCUT2D eigenvalue weighted by Gasteiger charge is 2.11. The van der Waals surface area contributed by atoms with E-state index in [-0.39, 0.29) is 0 Å². The Bertz CT molecular complexity index is 568. The topological polar surface area (TPSA) is 18.5 Å². The van der Waals surface area contributed by atoms with Crippen molar-refractivity contribution in [2.75, 3.05) is 13.2 Å². The minimum absolute atomic E-state index is 0.734. The fraction of sp³-hybridized carbons (Fsp3) is 0.286. The molecule has 0 amide bonds. The number of rotatable bonds is 3. The van der Waals surface area contributed by atoms with Crippen LogP contribution in [-0.2, 0) is 5.75 Å². The zero-order chi connectivity index (χ0) is 13.1. The number of halogens is 1. The van der Waals surface area contributed by atoms with Gasteiger partial charge in [-0.1, -0.05) is 0 Å². The molecule has 0 atom stereocenters. The molecule has 2 heterocycles. The summed E-state index contributed by atoms with van der Waals surface area (Å²) in [7, 11) is 0. The van der Waals surface area contributed by atoms with Crippen molar-refractivity contribution in [3.8, 4) is 11.5 Å². The molecule has 0 saturated heterocycles. The first-order chi connectivity index (χ1) is 9.33. The third kappa shape index (κ3) is 3.27. The third-order valence-electron chi connectivity index (χ3n) is 2.78. The van der Waals surface area contributed by atoms with Crippen LogP contribution in [-0.4, -0.2) is 13.2 Å². The molecule has 1 aromatic heterocycles. The summed E-state index contributed by atoms with van der Waals surface area (Å²) < 4.78 is 12.5. The van der Waals surface area contributed by atoms with E-state index < -0.39 is 0 Å². The lowest BCUT2D eigenvalue weighted by atomic mass is 10.3. The Labute approximate surface area is 129 Å². The third-order valence-corrected chi connectivity index (χ3v) is 5.91. The monoisotopic (exact) mass is 356 g/mol. The van der Waals surface area contributed by atoms with Crippen LogP contribution in [0.1, 0.15) is 11.3 Å². The molecule has 2 aromatic rings. The first-order valence-electron chi connectivity index (χ1n) is 6.07. The Morgan fingerprint density at radius 3 is 2.79 bits per heavy atom. The van der Waals surface area contributed by atoms with Gasteiger partial charge < -0.3 is 9.47 Å². The average molecular weight is 357 g/mol. The Hall–Kier alpha value is -0.650. The molecule has 0 fully saturated rings. The van der Waals surface area contributed by atoms with Gasteiger partial charge in [0.05, 0.1) is 13.2 Å². The Morgan fingerprint density at radius 1 is 1.16 bits per heavy atom. The smallest absolute Gasteiger partial charge is 0.162 e. The second-order valence-electron chi connectivity index (χ2n) is 4.14. The second-order valence-corrected chi connectivity index (χ2v) is 7.04. The summed E-state index contributed by atoms with van der Waals surface area (Å²) >= 11 is 7.16. The van der Waals surface area contributed by atoms with Crippen molar-refractivity contribution in [3.05, 3.63) is 39.0 Å². The molecule has 2 nitrogen and oxygen atoms in total. The average Bonchev–Trinajstić information content (AvgIpc) is 2.70. The van der Waals surface area contributed by atoms with Crippen LogP contribution in [0.25, 0.3) is 0 Å². The lowest BCUT2D eigenvalue weighted by Crippen LogP contribution is -1.97. The first-order valence-corrected chi connectivity index (χ1v) is 8.73. The highest BCUT2D eigenvalue weighted by molar-refractivity contribution is 9.10. The standard InChI is InChI=1S/C14H13BrO2S2/c15-11-4-7-18-14(11)9-19-10-2-3-12-13(8-10)17-6-1-5-16-12/h2-4,7-8H,1,5-6,9H2. The van der Waals surface area contributed by atoms with E-state index in [9.17, 15) is 0 Å². The van der Waals surface area contributed by atoms with Crippen LogP contribution < -0.4 is 9.47 Å². The minimum atomic E-state index is 0.734. The van der Waals surface area contributed by atoms with Crippen molar-refractivity contribution in [2.45, 2.75) is 17.1 Å². The van der Waals surface area contributed by atoms with Gasteiger partial charge in [0.2, 0.25) is 0 Å². The van der Waals surface area contributed by atoms with E-state index in [4.69, 9.17) is 9.47 Å². The molecule has 100 valence electrons. The van der Waals surface area contributed by atoms with E-state index in [1.807, 2.05) is 17.8 Å². The SMILES string of the molecule is Brc1ccsc1CSc1ccc2c(c1)OCCCO2. The van der Waals surface area contributed by atoms with Gasteiger partial charge in [-0.15, -0.1) is 23.1 Å². The van der Waals surface area contributed by atoms with Crippen LogP contribution in [0.4, 0.5) is 0 Å². The summed E-state index contributed by atoms with van der Waals surface area (Å²) in [5.41, 5.74) is 0. The van der Waals surface area contributed by atoms with Crippen LogP contribution in [0.15, 0.2) is 39.0 Å². The molecule has 0 N–H and O–H groups in total. The van der Waals surface area contributed by atoms with Crippen LogP contribution in [0, 0.1) is 0 Å². The molecule has 19 heavy (non-hydrogen) atoms. The Morgan fingerprint density at radius 2 is 2.00 bits per heavy atom. The molecule has 5 heteroatoms. The first kappa shape index (κ1) is 13.3. The fourth-order valence-corrected chi connectivity index (χ4v) is 4.53. The summed E-state index contributed by atoms with van der Waals surface area (Å²) in [6.07, 6.45) is 0.944. The van der Waals surface area contributed by atoms with Crippen LogP contribution in [0.3, 0.4) is 0 Å². The highest BCUT2D eigenvalue weighted by Crippen LogP contribution is 2.36. The lowest BCUT2D eigenvalue weighted by molar-refractivity contribution is 0.297. The molecule has 1 aliphatic rings. The fourth-order valence-electron chi connectivity index (χ4n) is 1.81. The molecule has 0 spiro atoms. The van der Waals surface area contributed by atoms with Gasteiger partial charge in [0, 0.05) is 26.4 Å². The van der Waals surface area contributed by atoms with E-state index >= 15 is 0 Å². The van der Waals surface area contributed by atoms with E-state index in [1.165, 1.54) is 14.2 Å². The number of thiophene rings is 1. The number of fused-ring (bicyclic) bond motifs is 1. The van der Waals surface area contributed by atoms with E-state index in [1.54, 1.807) is 11.3 Å². The van der Waals surface area contributed by atoms with Gasteiger partial charge in [0.1, 0.15) is 0 Å². The molecule has 1 aromatic carbocycles. The number of hydrogen-bond donors (Lipinski definition) is 0. The molecule has 0 unspecified atom stereocenters. The van der Waals surface area contributed by atoms with Crippen molar-refractivity contribution in [1.29, 1.82) is 0 Å². The quantitative estimate of drug-likeness (QED) is 0.723. The molecule has 0 saturated carbocycles. The summed E-state index contributed by atoms with van der Waals surface area (Å²) in [6.45, 7) is 1.47. The Kier molecular flexibility index (Phi) is 4.35. The molecule has 0 bridgehead atoms. The maximum atomic E-state index is 5.70. The van der Waals surface area contributed by atoms with Crippen molar-refractivity contribution in [1.82, 2.24) is 0 Å². The number of benzene rings is 1. The highest BCUT2D eigenvalue weighted by atomic mass is 79.9. The molecule has 0 aliphatic carbocycles. The molecule has 1 aliphatic heterocycles. The van der Waals surface area contributed by atoms with Gasteiger partial charge in [-0.05, 0) is 45.6 Å². The van der Waals surface area contributed by atoms with Gasteiger partial charge in [-0.25, -0.2) is 0 Å². The summed E-state index contributed by atoms with van der Waals surface area (Å²) in [5.74, 6) is 2.70. The van der Waals surface area contributed by atoms with E-state index in [0.29, 0.717) is 0 Å². The van der Waals surface area contributed by atoms with Crippen LogP contribution in [0.2, 0.25) is 0 Å². The maximum Gasteiger partial charge on any atom is 0.162 e. The van der Waals surface area contributed by atoms with Crippen LogP contribution >= 0.6 is 39.0 Å². The summed E-state index contributed by atoms with van der Waals surface area (Å²) in [6, 6.07) is 8.27. The van der Waals surface area contributed by atoms with Gasteiger partial charge in [0.15, 0.2) is 11.5 Å². The van der Waals surface area contributed by atoms with E-state index in [0.717, 1.165) is 36.9 Å². The predicted molar refractivity (Wildman–Crippen MR) is 83.6 cm³/mol. The zero-order valence-corrected chi connectivity index (χ0v) is 13.4. The largest absolute Gasteiger partial charge is 0.490 e. The molecular formula is C14H13BrO2S2. The van der Waals surface area contributed by atoms with Crippen molar-refractivity contribution < 1.29 is 9.47 Å². The summed E-state index contributed by atoms with van der Waals surface area (Å²) in [5, 5.41) is 2.11. The van der Waals surface area contributed by atoms with Crippen LogP contribution in [0.5, 0.6) is 11.5 Å². The molecule has 3 rings (SSSR count). The molecule has 0 radical (unpaired) electrons. The lowest BCUT2D eigenvalue weighted by Gasteiger charge is -2.08. The summed E-state index contributed by atoms with van der Waals surface area (Å²) in [4.78, 5) is 2.57. The van der Waals surface area contributed by atoms with E-state index in [2.05, 4.69) is 39.5 Å². The van der Waals surface area contributed by atoms with Gasteiger partial charge >= 0.3 is 0 Å². The van der Waals surface area contributed by atoms with Crippen molar-refractivity contribution in [2.24, 2.45) is 0 Å².